The first-order valence-electron chi connectivity index (χ1n) is 10.5. The maximum Gasteiger partial charge on any atom is 0.251 e. The van der Waals surface area contributed by atoms with E-state index < -0.39 is 10.0 Å². The Balaban J connectivity index is 1.55. The SMILES string of the molecule is CCN(CC)S(=O)(=O)c1ccc(C(=O)NCC2CC(=O)N(Cc3ccccc3)C2)cc1. The maximum absolute atomic E-state index is 12.6. The monoisotopic (exact) mass is 443 g/mol. The van der Waals surface area contributed by atoms with Crippen LogP contribution in [0.3, 0.4) is 0 Å². The molecule has 1 aliphatic heterocycles. The summed E-state index contributed by atoms with van der Waals surface area (Å²) in [6.07, 6.45) is 0.411. The molecule has 0 spiro atoms. The number of likely N-dealkylation sites (tertiary alicyclic amines) is 1. The van der Waals surface area contributed by atoms with Crippen molar-refractivity contribution in [3.05, 3.63) is 65.7 Å². The van der Waals surface area contributed by atoms with E-state index in [-0.39, 0.29) is 22.6 Å². The molecule has 2 amide bonds. The van der Waals surface area contributed by atoms with Gasteiger partial charge in [-0.1, -0.05) is 44.2 Å². The highest BCUT2D eigenvalue weighted by Crippen LogP contribution is 2.20. The third-order valence-electron chi connectivity index (χ3n) is 5.52. The van der Waals surface area contributed by atoms with E-state index in [2.05, 4.69) is 5.32 Å². The number of nitrogens with zero attached hydrogens (tertiary/aromatic N) is 2. The van der Waals surface area contributed by atoms with Crippen molar-refractivity contribution >= 4 is 21.8 Å². The lowest BCUT2D eigenvalue weighted by molar-refractivity contribution is -0.128. The molecule has 1 unspecified atom stereocenters. The van der Waals surface area contributed by atoms with Gasteiger partial charge < -0.3 is 10.2 Å². The Hall–Kier alpha value is -2.71. The zero-order valence-electron chi connectivity index (χ0n) is 18.0. The van der Waals surface area contributed by atoms with Crippen molar-refractivity contribution in [2.75, 3.05) is 26.2 Å². The number of benzene rings is 2. The molecule has 31 heavy (non-hydrogen) atoms. The number of hydrogen-bond donors (Lipinski definition) is 1. The van der Waals surface area contributed by atoms with Gasteiger partial charge in [0, 0.05) is 50.6 Å². The van der Waals surface area contributed by atoms with Gasteiger partial charge in [0.15, 0.2) is 0 Å². The average molecular weight is 444 g/mol. The van der Waals surface area contributed by atoms with Gasteiger partial charge in [-0.2, -0.15) is 4.31 Å². The molecule has 166 valence electrons. The van der Waals surface area contributed by atoms with Crippen molar-refractivity contribution in [2.45, 2.75) is 31.7 Å². The van der Waals surface area contributed by atoms with Gasteiger partial charge in [0.2, 0.25) is 15.9 Å². The van der Waals surface area contributed by atoms with Crippen molar-refractivity contribution in [1.29, 1.82) is 0 Å². The molecular formula is C23H29N3O4S. The van der Waals surface area contributed by atoms with Crippen LogP contribution < -0.4 is 5.32 Å². The molecule has 1 atom stereocenters. The predicted octanol–water partition coefficient (Wildman–Crippen LogP) is 2.50. The summed E-state index contributed by atoms with van der Waals surface area (Å²) in [6.45, 7) is 5.94. The van der Waals surface area contributed by atoms with Gasteiger partial charge in [-0.3, -0.25) is 9.59 Å². The van der Waals surface area contributed by atoms with E-state index in [1.807, 2.05) is 35.2 Å². The first kappa shape index (κ1) is 23.0. The van der Waals surface area contributed by atoms with Gasteiger partial charge in [-0.15, -0.1) is 0 Å². The summed E-state index contributed by atoms with van der Waals surface area (Å²) in [5, 5.41) is 2.87. The number of amides is 2. The highest BCUT2D eigenvalue weighted by Gasteiger charge is 2.29. The Morgan fingerprint density at radius 2 is 1.71 bits per heavy atom. The summed E-state index contributed by atoms with van der Waals surface area (Å²) >= 11 is 0. The summed E-state index contributed by atoms with van der Waals surface area (Å²) in [5.74, 6) is -0.128. The Bertz CT molecular complexity index is 1000. The van der Waals surface area contributed by atoms with Crippen LogP contribution in [0.2, 0.25) is 0 Å². The molecule has 1 N–H and O–H groups in total. The fourth-order valence-electron chi connectivity index (χ4n) is 3.78. The van der Waals surface area contributed by atoms with Crippen molar-refractivity contribution < 1.29 is 18.0 Å². The van der Waals surface area contributed by atoms with Crippen molar-refractivity contribution in [3.63, 3.8) is 0 Å². The minimum Gasteiger partial charge on any atom is -0.352 e. The predicted molar refractivity (Wildman–Crippen MR) is 119 cm³/mol. The Kier molecular flexibility index (Phi) is 7.46. The van der Waals surface area contributed by atoms with Gasteiger partial charge in [0.05, 0.1) is 4.90 Å². The molecule has 0 radical (unpaired) electrons. The topological polar surface area (TPSA) is 86.8 Å². The molecule has 2 aromatic rings. The zero-order valence-corrected chi connectivity index (χ0v) is 18.8. The second-order valence-electron chi connectivity index (χ2n) is 7.65. The minimum absolute atomic E-state index is 0.0579. The lowest BCUT2D eigenvalue weighted by atomic mass is 10.1. The number of carbonyl (C=O) groups excluding carboxylic acids is 2. The van der Waals surface area contributed by atoms with Crippen LogP contribution in [0, 0.1) is 5.92 Å². The summed E-state index contributed by atoms with van der Waals surface area (Å²) in [7, 11) is -3.55. The Morgan fingerprint density at radius 1 is 1.06 bits per heavy atom. The van der Waals surface area contributed by atoms with Crippen LogP contribution in [-0.2, 0) is 21.4 Å². The molecule has 1 fully saturated rings. The molecule has 1 saturated heterocycles. The lowest BCUT2D eigenvalue weighted by Crippen LogP contribution is -2.31. The summed E-state index contributed by atoms with van der Waals surface area (Å²) in [5.41, 5.74) is 1.48. The van der Waals surface area contributed by atoms with Crippen LogP contribution in [0.15, 0.2) is 59.5 Å². The van der Waals surface area contributed by atoms with E-state index in [1.165, 1.54) is 28.6 Å². The van der Waals surface area contributed by atoms with Gasteiger partial charge in [0.1, 0.15) is 0 Å². The molecule has 0 bridgehead atoms. The van der Waals surface area contributed by atoms with Crippen molar-refractivity contribution in [2.24, 2.45) is 5.92 Å². The number of carbonyl (C=O) groups is 2. The molecule has 0 saturated carbocycles. The second kappa shape index (κ2) is 10.1. The van der Waals surface area contributed by atoms with E-state index in [0.29, 0.717) is 44.7 Å². The third-order valence-corrected chi connectivity index (χ3v) is 7.59. The molecule has 0 aliphatic carbocycles. The normalized spacial score (nSPS) is 16.7. The van der Waals surface area contributed by atoms with E-state index in [4.69, 9.17) is 0 Å². The fourth-order valence-corrected chi connectivity index (χ4v) is 5.24. The quantitative estimate of drug-likeness (QED) is 0.645. The van der Waals surface area contributed by atoms with Crippen molar-refractivity contribution in [3.8, 4) is 0 Å². The van der Waals surface area contributed by atoms with Crippen molar-refractivity contribution in [1.82, 2.24) is 14.5 Å². The van der Waals surface area contributed by atoms with Crippen LogP contribution >= 0.6 is 0 Å². The highest BCUT2D eigenvalue weighted by molar-refractivity contribution is 7.89. The van der Waals surface area contributed by atoms with E-state index >= 15 is 0 Å². The van der Waals surface area contributed by atoms with Gasteiger partial charge >= 0.3 is 0 Å². The Morgan fingerprint density at radius 3 is 2.32 bits per heavy atom. The van der Waals surface area contributed by atoms with E-state index in [0.717, 1.165) is 5.56 Å². The summed E-state index contributed by atoms with van der Waals surface area (Å²) in [6, 6.07) is 15.8. The van der Waals surface area contributed by atoms with Gasteiger partial charge in [0.25, 0.3) is 5.91 Å². The van der Waals surface area contributed by atoms with Crippen LogP contribution in [0.4, 0.5) is 0 Å². The summed E-state index contributed by atoms with van der Waals surface area (Å²) in [4.78, 5) is 26.8. The van der Waals surface area contributed by atoms with Crippen LogP contribution in [-0.4, -0.2) is 55.6 Å². The average Bonchev–Trinajstić information content (AvgIpc) is 3.12. The molecule has 1 heterocycles. The molecule has 7 nitrogen and oxygen atoms in total. The first-order chi connectivity index (χ1) is 14.8. The Labute approximate surface area is 184 Å². The van der Waals surface area contributed by atoms with Crippen LogP contribution in [0.1, 0.15) is 36.2 Å². The molecular weight excluding hydrogens is 414 g/mol. The first-order valence-corrected chi connectivity index (χ1v) is 12.0. The third kappa shape index (κ3) is 5.51. The minimum atomic E-state index is -3.55. The standard InChI is InChI=1S/C23H29N3O4S/c1-3-26(4-2)31(29,30)21-12-10-20(11-13-21)23(28)24-15-19-14-22(27)25(17-19)16-18-8-6-5-7-9-18/h5-13,19H,3-4,14-17H2,1-2H3,(H,24,28). The number of hydrogen-bond acceptors (Lipinski definition) is 4. The smallest absolute Gasteiger partial charge is 0.251 e. The lowest BCUT2D eigenvalue weighted by Gasteiger charge is -2.18. The number of sulfonamides is 1. The molecule has 8 heteroatoms. The molecule has 2 aromatic carbocycles. The number of rotatable bonds is 9. The highest BCUT2D eigenvalue weighted by atomic mass is 32.2. The van der Waals surface area contributed by atoms with Gasteiger partial charge in [-0.05, 0) is 29.8 Å². The number of nitrogens with one attached hydrogen (secondary N) is 1. The second-order valence-corrected chi connectivity index (χ2v) is 9.59. The largest absolute Gasteiger partial charge is 0.352 e. The van der Waals surface area contributed by atoms with E-state index in [1.54, 1.807) is 13.8 Å². The van der Waals surface area contributed by atoms with Crippen LogP contribution in [0.5, 0.6) is 0 Å². The molecule has 3 rings (SSSR count). The fraction of sp³-hybridized carbons (Fsp3) is 0.391. The molecule has 1 aliphatic rings. The van der Waals surface area contributed by atoms with Gasteiger partial charge in [-0.25, -0.2) is 8.42 Å². The van der Waals surface area contributed by atoms with E-state index in [9.17, 15) is 18.0 Å². The summed E-state index contributed by atoms with van der Waals surface area (Å²) < 4.78 is 26.5. The van der Waals surface area contributed by atoms with Crippen LogP contribution in [0.25, 0.3) is 0 Å². The zero-order chi connectivity index (χ0) is 22.4. The maximum atomic E-state index is 12.6. The molecule has 0 aromatic heterocycles.